The molecule has 42 heavy (non-hydrogen) atoms. The minimum Gasteiger partial charge on any atom is -0.618 e. The molecule has 1 unspecified atom stereocenters. The van der Waals surface area contributed by atoms with Gasteiger partial charge in [-0.15, -0.1) is 0 Å². The lowest BCUT2D eigenvalue weighted by Gasteiger charge is -2.38. The molecule has 12 nitrogen and oxygen atoms in total. The van der Waals surface area contributed by atoms with Gasteiger partial charge in [-0.3, -0.25) is 0 Å². The average Bonchev–Trinajstić information content (AvgIpc) is 3.13. The first-order valence-electron chi connectivity index (χ1n) is 14.4. The number of nitrogens with zero attached hydrogens (tertiary/aromatic N) is 3. The lowest BCUT2D eigenvalue weighted by Crippen LogP contribution is -2.63. The van der Waals surface area contributed by atoms with Crippen molar-refractivity contribution in [3.8, 4) is 0 Å². The van der Waals surface area contributed by atoms with Crippen LogP contribution in [0, 0.1) is 5.21 Å². The molecular weight excluding hydrogens is 562 g/mol. The number of hydrogen-bond donors (Lipinski definition) is 2. The third-order valence-electron chi connectivity index (χ3n) is 6.47. The fraction of sp³-hybridized carbons (Fsp3) is 0.621. The second-order valence-corrected chi connectivity index (χ2v) is 14.0. The minimum absolute atomic E-state index is 0.143. The molecule has 0 saturated heterocycles. The van der Waals surface area contributed by atoms with Gasteiger partial charge in [0.05, 0.1) is 11.8 Å². The monoisotopic (exact) mass is 608 g/mol. The summed E-state index contributed by atoms with van der Waals surface area (Å²) in [5.41, 5.74) is 0.115. The summed E-state index contributed by atoms with van der Waals surface area (Å²) in [4.78, 5) is 23.4. The van der Waals surface area contributed by atoms with Gasteiger partial charge in [-0.25, -0.2) is 17.9 Å². The van der Waals surface area contributed by atoms with Crippen LogP contribution in [0.2, 0.25) is 0 Å². The van der Waals surface area contributed by atoms with E-state index in [1.54, 1.807) is 26.0 Å². The van der Waals surface area contributed by atoms with Crippen LogP contribution in [-0.4, -0.2) is 70.7 Å². The summed E-state index contributed by atoms with van der Waals surface area (Å²) in [6.45, 7) is 12.6. The van der Waals surface area contributed by atoms with Crippen molar-refractivity contribution in [2.75, 3.05) is 39.2 Å². The molecule has 13 heteroatoms. The standard InChI is InChI=1S/C29H45N5O7S/c1-8-39-20-25-31-23-19-33(36)24-16-12-11-15-22(24)26(23)34(25,21-29(5,6)32-42(7,37)38)40-18-14-10-9-13-17-30-27(35)41-28(2,3)4/h11-12,15-16,19,32H,8-10,13-14,17-18,20-21H2,1-7H3/p+1. The normalized spacial score (nSPS) is 17.3. The van der Waals surface area contributed by atoms with Crippen molar-refractivity contribution in [1.29, 1.82) is 0 Å². The van der Waals surface area contributed by atoms with Crippen LogP contribution in [0.25, 0.3) is 10.9 Å². The molecule has 0 bridgehead atoms. The van der Waals surface area contributed by atoms with E-state index in [0.717, 1.165) is 36.7 Å². The van der Waals surface area contributed by atoms with Crippen LogP contribution in [0.5, 0.6) is 0 Å². The molecule has 0 aliphatic carbocycles. The number of aliphatic imine (C=N–C) groups is 1. The maximum atomic E-state index is 12.9. The van der Waals surface area contributed by atoms with E-state index < -0.39 is 27.3 Å². The van der Waals surface area contributed by atoms with Crippen molar-refractivity contribution in [3.05, 3.63) is 35.7 Å². The van der Waals surface area contributed by atoms with Crippen LogP contribution in [-0.2, 0) is 24.3 Å². The van der Waals surface area contributed by atoms with E-state index in [9.17, 15) is 18.4 Å². The van der Waals surface area contributed by atoms with Crippen molar-refractivity contribution in [1.82, 2.24) is 14.7 Å². The summed E-state index contributed by atoms with van der Waals surface area (Å²) in [6, 6.07) is 7.24. The Labute approximate surface area is 249 Å². The maximum absolute atomic E-state index is 12.9. The fourth-order valence-corrected chi connectivity index (χ4v) is 6.21. The molecule has 2 aromatic rings. The lowest BCUT2D eigenvalue weighted by molar-refractivity contribution is -0.576. The SMILES string of the molecule is CCOCC1=Nc2c[n+]([O-])c3ccccc3c2[N+]1(CC(C)(C)NS(C)(=O)=O)OCCCCCCNC(=O)OC(C)(C)C. The highest BCUT2D eigenvalue weighted by atomic mass is 32.2. The number of ether oxygens (including phenoxy) is 2. The molecule has 234 valence electrons. The van der Waals surface area contributed by atoms with Crippen LogP contribution >= 0.6 is 0 Å². The van der Waals surface area contributed by atoms with Crippen molar-refractivity contribution < 1.29 is 32.3 Å². The summed E-state index contributed by atoms with van der Waals surface area (Å²) in [6.07, 6.45) is 5.36. The smallest absolute Gasteiger partial charge is 0.407 e. The Hall–Kier alpha value is -2.84. The van der Waals surface area contributed by atoms with Gasteiger partial charge in [-0.2, -0.15) is 14.6 Å². The Morgan fingerprint density at radius 2 is 1.79 bits per heavy atom. The molecule has 3 rings (SSSR count). The largest absolute Gasteiger partial charge is 0.618 e. The molecule has 1 atom stereocenters. The number of nitrogens with one attached hydrogen (secondary N) is 2. The van der Waals surface area contributed by atoms with E-state index >= 15 is 0 Å². The number of aromatic nitrogens is 1. The molecule has 0 fully saturated rings. The van der Waals surface area contributed by atoms with Gasteiger partial charge >= 0.3 is 6.09 Å². The molecule has 0 spiro atoms. The van der Waals surface area contributed by atoms with Gasteiger partial charge in [0.15, 0.2) is 5.69 Å². The lowest BCUT2D eigenvalue weighted by atomic mass is 10.0. The van der Waals surface area contributed by atoms with Gasteiger partial charge in [0, 0.05) is 19.2 Å². The first kappa shape index (κ1) is 33.7. The van der Waals surface area contributed by atoms with Gasteiger partial charge in [0.1, 0.15) is 30.7 Å². The Kier molecular flexibility index (Phi) is 10.9. The summed E-state index contributed by atoms with van der Waals surface area (Å²) >= 11 is 0. The number of alkyl carbamates (subject to hydrolysis) is 1. The molecule has 1 aliphatic heterocycles. The van der Waals surface area contributed by atoms with Crippen LogP contribution in [0.1, 0.15) is 67.2 Å². The summed E-state index contributed by atoms with van der Waals surface area (Å²) in [5, 5.41) is 16.3. The predicted octanol–water partition coefficient (Wildman–Crippen LogP) is 4.21. The fourth-order valence-electron chi connectivity index (χ4n) is 5.14. The zero-order chi connectivity index (χ0) is 31.2. The van der Waals surface area contributed by atoms with Crippen LogP contribution in [0.15, 0.2) is 35.5 Å². The number of fused-ring (bicyclic) bond motifs is 3. The van der Waals surface area contributed by atoms with E-state index in [0.29, 0.717) is 47.9 Å². The highest BCUT2D eigenvalue weighted by Gasteiger charge is 2.53. The van der Waals surface area contributed by atoms with Gasteiger partial charge in [0.2, 0.25) is 27.4 Å². The summed E-state index contributed by atoms with van der Waals surface area (Å²) in [7, 11) is -3.55. The number of carbonyl (C=O) groups excluding carboxylic acids is 1. The highest BCUT2D eigenvalue weighted by Crippen LogP contribution is 2.46. The number of hydrogen-bond acceptors (Lipinski definition) is 8. The predicted molar refractivity (Wildman–Crippen MR) is 164 cm³/mol. The van der Waals surface area contributed by atoms with E-state index in [1.807, 2.05) is 39.8 Å². The van der Waals surface area contributed by atoms with E-state index in [-0.39, 0.29) is 17.8 Å². The first-order valence-corrected chi connectivity index (χ1v) is 16.3. The van der Waals surface area contributed by atoms with E-state index in [4.69, 9.17) is 19.3 Å². The molecule has 1 aromatic carbocycles. The summed E-state index contributed by atoms with van der Waals surface area (Å²) < 4.78 is 38.9. The van der Waals surface area contributed by atoms with Crippen molar-refractivity contribution in [2.45, 2.75) is 78.4 Å². The van der Waals surface area contributed by atoms with Crippen molar-refractivity contribution in [2.24, 2.45) is 4.99 Å². The Morgan fingerprint density at radius 1 is 1.10 bits per heavy atom. The quantitative estimate of drug-likeness (QED) is 0.134. The zero-order valence-corrected chi connectivity index (χ0v) is 26.7. The third-order valence-corrected chi connectivity index (χ3v) is 7.40. The third kappa shape index (κ3) is 9.08. The number of benzene rings is 1. The maximum Gasteiger partial charge on any atom is 0.407 e. The second-order valence-electron chi connectivity index (χ2n) is 12.2. The number of carbonyl (C=O) groups is 1. The number of para-hydroxylation sites is 1. The average molecular weight is 609 g/mol. The number of sulfonamides is 1. The molecule has 2 N–H and O–H groups in total. The van der Waals surface area contributed by atoms with Gasteiger partial charge in [-0.1, -0.05) is 29.6 Å². The first-order chi connectivity index (χ1) is 19.6. The number of rotatable bonds is 15. The van der Waals surface area contributed by atoms with E-state index in [1.165, 1.54) is 6.20 Å². The second kappa shape index (κ2) is 13.6. The summed E-state index contributed by atoms with van der Waals surface area (Å²) in [5.74, 6) is 0.535. The Morgan fingerprint density at radius 3 is 2.45 bits per heavy atom. The molecule has 0 saturated carbocycles. The highest BCUT2D eigenvalue weighted by molar-refractivity contribution is 7.88. The van der Waals surface area contributed by atoms with Crippen molar-refractivity contribution in [3.63, 3.8) is 0 Å². The van der Waals surface area contributed by atoms with Crippen molar-refractivity contribution >= 4 is 44.2 Å². The molecule has 0 radical (unpaired) electrons. The number of amidine groups is 1. The van der Waals surface area contributed by atoms with Gasteiger partial charge in [0.25, 0.3) is 5.84 Å². The topological polar surface area (TPSA) is 142 Å². The zero-order valence-electron chi connectivity index (χ0n) is 25.9. The van der Waals surface area contributed by atoms with Crippen LogP contribution in [0.4, 0.5) is 16.2 Å². The molecule has 1 aromatic heterocycles. The van der Waals surface area contributed by atoms with Crippen LogP contribution in [0.3, 0.4) is 0 Å². The van der Waals surface area contributed by atoms with E-state index in [2.05, 4.69) is 10.0 Å². The van der Waals surface area contributed by atoms with Crippen LogP contribution < -0.4 is 19.4 Å². The minimum atomic E-state index is -3.55. The Balaban J connectivity index is 1.84. The molecular formula is C29H46N5O7S+. The number of quaternary nitrogens is 1. The molecule has 1 amide bonds. The van der Waals surface area contributed by atoms with Gasteiger partial charge in [-0.05, 0) is 60.5 Å². The number of amides is 1. The molecule has 2 heterocycles. The molecule has 1 aliphatic rings. The number of unbranched alkanes of at least 4 members (excludes halogenated alkanes) is 3. The number of pyridine rings is 1. The van der Waals surface area contributed by atoms with Gasteiger partial charge < -0.3 is 20.0 Å². The number of hydroxylamine groups is 2. The Bertz CT molecular complexity index is 1390.